The number of hydrogen-bond acceptors (Lipinski definition) is 5. The van der Waals surface area contributed by atoms with Gasteiger partial charge in [-0.2, -0.15) is 0 Å². The first-order valence-electron chi connectivity index (χ1n) is 8.69. The summed E-state index contributed by atoms with van der Waals surface area (Å²) in [6, 6.07) is 11.6. The Morgan fingerprint density at radius 1 is 1.27 bits per heavy atom. The fourth-order valence-corrected chi connectivity index (χ4v) is 3.81. The van der Waals surface area contributed by atoms with Crippen LogP contribution in [0.4, 0.5) is 10.5 Å². The lowest BCUT2D eigenvalue weighted by Crippen LogP contribution is -2.41. The molecule has 1 aliphatic heterocycles. The molecular formula is C19H20N4O2S. The van der Waals surface area contributed by atoms with Crippen LogP contribution in [0.5, 0.6) is 0 Å². The number of amides is 2. The topological polar surface area (TPSA) is 71.3 Å². The molecule has 1 fully saturated rings. The summed E-state index contributed by atoms with van der Waals surface area (Å²) in [6.07, 6.45) is 1.86. The molecule has 26 heavy (non-hydrogen) atoms. The highest BCUT2D eigenvalue weighted by Gasteiger charge is 2.28. The van der Waals surface area contributed by atoms with Crippen LogP contribution in [0.3, 0.4) is 0 Å². The first-order valence-corrected chi connectivity index (χ1v) is 9.57. The molecule has 1 N–H and O–H groups in total. The minimum Gasteiger partial charge on any atom is -0.420 e. The molecule has 134 valence electrons. The highest BCUT2D eigenvalue weighted by molar-refractivity contribution is 7.13. The molecule has 1 unspecified atom stereocenters. The zero-order valence-electron chi connectivity index (χ0n) is 14.5. The maximum Gasteiger partial charge on any atom is 0.321 e. The molecule has 0 bridgehead atoms. The van der Waals surface area contributed by atoms with E-state index < -0.39 is 0 Å². The summed E-state index contributed by atoms with van der Waals surface area (Å²) in [7, 11) is 0. The minimum atomic E-state index is -0.0815. The smallest absolute Gasteiger partial charge is 0.321 e. The van der Waals surface area contributed by atoms with Crippen LogP contribution in [0.25, 0.3) is 10.8 Å². The van der Waals surface area contributed by atoms with Gasteiger partial charge >= 0.3 is 6.03 Å². The number of likely N-dealkylation sites (tertiary alicyclic amines) is 1. The molecule has 1 atom stereocenters. The molecule has 0 spiro atoms. The van der Waals surface area contributed by atoms with Crippen molar-refractivity contribution < 1.29 is 9.21 Å². The standard InChI is InChI=1S/C19H20N4O2S/c1-13-6-2-3-8-15(13)20-19(24)23-10-4-7-14(12-23)17-21-22-18(25-17)16-9-5-11-26-16/h2-3,5-6,8-9,11,14H,4,7,10,12H2,1H3,(H,20,24). The minimum absolute atomic E-state index is 0.0765. The number of aromatic nitrogens is 2. The van der Waals surface area contributed by atoms with Crippen molar-refractivity contribution in [2.75, 3.05) is 18.4 Å². The number of para-hydroxylation sites is 1. The Morgan fingerprint density at radius 2 is 2.15 bits per heavy atom. The zero-order chi connectivity index (χ0) is 17.9. The summed E-state index contributed by atoms with van der Waals surface area (Å²) in [4.78, 5) is 15.4. The summed E-state index contributed by atoms with van der Waals surface area (Å²) >= 11 is 1.57. The fraction of sp³-hybridized carbons (Fsp3) is 0.316. The Hall–Kier alpha value is -2.67. The van der Waals surface area contributed by atoms with E-state index >= 15 is 0 Å². The van der Waals surface area contributed by atoms with Crippen molar-refractivity contribution in [1.82, 2.24) is 15.1 Å². The molecule has 0 saturated carbocycles. The van der Waals surface area contributed by atoms with Gasteiger partial charge in [-0.25, -0.2) is 4.79 Å². The van der Waals surface area contributed by atoms with Crippen molar-refractivity contribution in [3.05, 3.63) is 53.2 Å². The van der Waals surface area contributed by atoms with E-state index in [0.717, 1.165) is 35.5 Å². The first-order chi connectivity index (χ1) is 12.7. The Kier molecular flexibility index (Phi) is 4.71. The van der Waals surface area contributed by atoms with Crippen LogP contribution in [0, 0.1) is 6.92 Å². The molecule has 1 aliphatic rings. The number of carbonyl (C=O) groups excluding carboxylic acids is 1. The van der Waals surface area contributed by atoms with Crippen molar-refractivity contribution >= 4 is 23.1 Å². The van der Waals surface area contributed by atoms with Gasteiger partial charge in [-0.3, -0.25) is 0 Å². The second-order valence-corrected chi connectivity index (χ2v) is 7.40. The molecule has 2 amide bonds. The Labute approximate surface area is 155 Å². The van der Waals surface area contributed by atoms with Gasteiger partial charge in [0.25, 0.3) is 5.89 Å². The third kappa shape index (κ3) is 3.48. The van der Waals surface area contributed by atoms with Crippen molar-refractivity contribution in [3.63, 3.8) is 0 Å². The molecule has 6 nitrogen and oxygen atoms in total. The van der Waals surface area contributed by atoms with Crippen molar-refractivity contribution in [2.24, 2.45) is 0 Å². The Balaban J connectivity index is 1.44. The summed E-state index contributed by atoms with van der Waals surface area (Å²) < 4.78 is 5.86. The summed E-state index contributed by atoms with van der Waals surface area (Å²) in [5.41, 5.74) is 1.89. The predicted octanol–water partition coefficient (Wildman–Crippen LogP) is 4.52. The van der Waals surface area contributed by atoms with Crippen LogP contribution in [-0.2, 0) is 0 Å². The van der Waals surface area contributed by atoms with Crippen LogP contribution in [-0.4, -0.2) is 34.2 Å². The summed E-state index contributed by atoms with van der Waals surface area (Å²) in [5, 5.41) is 13.4. The van der Waals surface area contributed by atoms with E-state index in [2.05, 4.69) is 15.5 Å². The summed E-state index contributed by atoms with van der Waals surface area (Å²) in [6.45, 7) is 3.31. The second kappa shape index (κ2) is 7.29. The number of urea groups is 1. The number of benzene rings is 1. The van der Waals surface area contributed by atoms with Crippen molar-refractivity contribution in [2.45, 2.75) is 25.7 Å². The van der Waals surface area contributed by atoms with Crippen LogP contribution < -0.4 is 5.32 Å². The van der Waals surface area contributed by atoms with Gasteiger partial charge in [0.05, 0.1) is 10.8 Å². The molecule has 3 heterocycles. The maximum absolute atomic E-state index is 12.6. The quantitative estimate of drug-likeness (QED) is 0.738. The van der Waals surface area contributed by atoms with Crippen LogP contribution in [0.2, 0.25) is 0 Å². The van der Waals surface area contributed by atoms with E-state index in [1.807, 2.05) is 53.6 Å². The molecule has 0 aliphatic carbocycles. The lowest BCUT2D eigenvalue weighted by Gasteiger charge is -2.31. The van der Waals surface area contributed by atoms with Crippen LogP contribution >= 0.6 is 11.3 Å². The molecule has 7 heteroatoms. The number of nitrogens with zero attached hydrogens (tertiary/aromatic N) is 3. The van der Waals surface area contributed by atoms with Gasteiger partial charge in [-0.05, 0) is 42.8 Å². The largest absolute Gasteiger partial charge is 0.420 e. The normalized spacial score (nSPS) is 17.3. The number of thiophene rings is 1. The number of piperidine rings is 1. The molecule has 1 saturated heterocycles. The van der Waals surface area contributed by atoms with Gasteiger partial charge in [0.2, 0.25) is 5.89 Å². The predicted molar refractivity (Wildman–Crippen MR) is 101 cm³/mol. The van der Waals surface area contributed by atoms with Crippen LogP contribution in [0.15, 0.2) is 46.2 Å². The van der Waals surface area contributed by atoms with E-state index in [1.54, 1.807) is 11.3 Å². The number of hydrogen-bond donors (Lipinski definition) is 1. The van der Waals surface area contributed by atoms with Gasteiger partial charge < -0.3 is 14.6 Å². The third-order valence-electron chi connectivity index (χ3n) is 4.62. The van der Waals surface area contributed by atoms with Crippen LogP contribution in [0.1, 0.15) is 30.2 Å². The van der Waals surface area contributed by atoms with Gasteiger partial charge in [0, 0.05) is 18.8 Å². The number of anilines is 1. The Morgan fingerprint density at radius 3 is 2.96 bits per heavy atom. The average molecular weight is 368 g/mol. The lowest BCUT2D eigenvalue weighted by atomic mass is 9.98. The second-order valence-electron chi connectivity index (χ2n) is 6.45. The fourth-order valence-electron chi connectivity index (χ4n) is 3.17. The molecule has 1 aromatic carbocycles. The monoisotopic (exact) mass is 368 g/mol. The Bertz CT molecular complexity index is 891. The molecule has 2 aromatic heterocycles. The number of nitrogens with one attached hydrogen (secondary N) is 1. The maximum atomic E-state index is 12.6. The molecule has 3 aromatic rings. The van der Waals surface area contributed by atoms with E-state index in [9.17, 15) is 4.79 Å². The van der Waals surface area contributed by atoms with Crippen molar-refractivity contribution in [3.8, 4) is 10.8 Å². The van der Waals surface area contributed by atoms with E-state index in [-0.39, 0.29) is 11.9 Å². The number of carbonyl (C=O) groups is 1. The van der Waals surface area contributed by atoms with E-state index in [0.29, 0.717) is 18.3 Å². The van der Waals surface area contributed by atoms with Crippen molar-refractivity contribution in [1.29, 1.82) is 0 Å². The average Bonchev–Trinajstić information content (AvgIpc) is 3.35. The molecule has 4 rings (SSSR count). The van der Waals surface area contributed by atoms with Gasteiger partial charge in [-0.15, -0.1) is 21.5 Å². The highest BCUT2D eigenvalue weighted by Crippen LogP contribution is 2.30. The SMILES string of the molecule is Cc1ccccc1NC(=O)N1CCCC(c2nnc(-c3cccs3)o2)C1. The number of rotatable bonds is 3. The highest BCUT2D eigenvalue weighted by atomic mass is 32.1. The number of aryl methyl sites for hydroxylation is 1. The van der Waals surface area contributed by atoms with Gasteiger partial charge in [0.1, 0.15) is 0 Å². The summed E-state index contributed by atoms with van der Waals surface area (Å²) in [5.74, 6) is 1.24. The first kappa shape index (κ1) is 16.8. The van der Waals surface area contributed by atoms with Gasteiger partial charge in [-0.1, -0.05) is 24.3 Å². The van der Waals surface area contributed by atoms with E-state index in [4.69, 9.17) is 4.42 Å². The third-order valence-corrected chi connectivity index (χ3v) is 5.47. The van der Waals surface area contributed by atoms with Gasteiger partial charge in [0.15, 0.2) is 0 Å². The zero-order valence-corrected chi connectivity index (χ0v) is 15.3. The lowest BCUT2D eigenvalue weighted by molar-refractivity contribution is 0.187. The molecule has 0 radical (unpaired) electrons. The van der Waals surface area contributed by atoms with E-state index in [1.165, 1.54) is 0 Å². The molecular weight excluding hydrogens is 348 g/mol.